The summed E-state index contributed by atoms with van der Waals surface area (Å²) in [7, 11) is 0. The number of hydrogen-bond donors (Lipinski definition) is 2. The lowest BCUT2D eigenvalue weighted by atomic mass is 9.94. The molecule has 2 atom stereocenters. The van der Waals surface area contributed by atoms with E-state index in [0.717, 1.165) is 16.9 Å². The van der Waals surface area contributed by atoms with Crippen LogP contribution in [0.2, 0.25) is 0 Å². The van der Waals surface area contributed by atoms with Crippen LogP contribution in [0.25, 0.3) is 0 Å². The summed E-state index contributed by atoms with van der Waals surface area (Å²) in [6.07, 6.45) is 0.164. The monoisotopic (exact) mass is 396 g/mol. The minimum absolute atomic E-state index is 0.124. The van der Waals surface area contributed by atoms with E-state index in [0.29, 0.717) is 19.0 Å². The average molecular weight is 396 g/mol. The molecule has 1 aliphatic rings. The molecule has 2 aromatic carbocycles. The Bertz CT molecular complexity index is 851. The third kappa shape index (κ3) is 5.50. The first kappa shape index (κ1) is 20.7. The third-order valence-electron chi connectivity index (χ3n) is 4.88. The van der Waals surface area contributed by atoms with Crippen LogP contribution in [-0.4, -0.2) is 25.0 Å². The summed E-state index contributed by atoms with van der Waals surface area (Å²) in [5, 5.41) is 6.00. The molecular weight excluding hydrogens is 368 g/mol. The van der Waals surface area contributed by atoms with Gasteiger partial charge in [-0.3, -0.25) is 9.59 Å². The lowest BCUT2D eigenvalue weighted by Crippen LogP contribution is -2.36. The van der Waals surface area contributed by atoms with Crippen LogP contribution in [0.4, 0.5) is 0 Å². The molecule has 0 radical (unpaired) electrons. The van der Waals surface area contributed by atoms with Crippen LogP contribution in [0.15, 0.2) is 48.5 Å². The van der Waals surface area contributed by atoms with Gasteiger partial charge in [-0.15, -0.1) is 0 Å². The quantitative estimate of drug-likeness (QED) is 0.751. The van der Waals surface area contributed by atoms with Crippen LogP contribution in [0.5, 0.6) is 11.5 Å². The van der Waals surface area contributed by atoms with Crippen LogP contribution in [0, 0.1) is 5.92 Å². The number of carbonyl (C=O) groups excluding carboxylic acids is 2. The smallest absolute Gasteiger partial charge is 0.222 e. The Morgan fingerprint density at radius 2 is 1.62 bits per heavy atom. The van der Waals surface area contributed by atoms with E-state index in [4.69, 9.17) is 9.47 Å². The van der Waals surface area contributed by atoms with E-state index >= 15 is 0 Å². The maximum Gasteiger partial charge on any atom is 0.222 e. The molecule has 0 bridgehead atoms. The fourth-order valence-corrected chi connectivity index (χ4v) is 3.49. The second-order valence-corrected chi connectivity index (χ2v) is 7.56. The maximum atomic E-state index is 12.9. The topological polar surface area (TPSA) is 76.7 Å². The second-order valence-electron chi connectivity index (χ2n) is 7.56. The zero-order chi connectivity index (χ0) is 20.8. The molecule has 0 spiro atoms. The lowest BCUT2D eigenvalue weighted by molar-refractivity contribution is -0.123. The van der Waals surface area contributed by atoms with Gasteiger partial charge in [-0.2, -0.15) is 0 Å². The van der Waals surface area contributed by atoms with Crippen LogP contribution in [0.1, 0.15) is 50.4 Å². The van der Waals surface area contributed by atoms with Crippen LogP contribution < -0.4 is 20.1 Å². The standard InChI is InChI=1S/C23H28N2O4/c1-15(2)23(18-9-10-20-21(13-18)29-12-11-28-20)25-22(27)14-19(24-16(3)26)17-7-5-4-6-8-17/h4-10,13,15,19,23H,11-12,14H2,1-3H3,(H,24,26)(H,25,27)/t19-,23-/m1/s1. The van der Waals surface area contributed by atoms with Gasteiger partial charge in [-0.1, -0.05) is 50.2 Å². The summed E-state index contributed by atoms with van der Waals surface area (Å²) in [6, 6.07) is 14.8. The van der Waals surface area contributed by atoms with Crippen molar-refractivity contribution in [1.29, 1.82) is 0 Å². The van der Waals surface area contributed by atoms with Gasteiger partial charge < -0.3 is 20.1 Å². The van der Waals surface area contributed by atoms with Crippen molar-refractivity contribution in [2.75, 3.05) is 13.2 Å². The summed E-state index contributed by atoms with van der Waals surface area (Å²) in [6.45, 7) is 6.64. The molecule has 6 heteroatoms. The Hall–Kier alpha value is -3.02. The molecular formula is C23H28N2O4. The Balaban J connectivity index is 1.74. The zero-order valence-electron chi connectivity index (χ0n) is 17.1. The van der Waals surface area contributed by atoms with Gasteiger partial charge in [0.25, 0.3) is 0 Å². The first-order chi connectivity index (χ1) is 13.9. The molecule has 0 saturated carbocycles. The van der Waals surface area contributed by atoms with E-state index in [2.05, 4.69) is 24.5 Å². The molecule has 0 aromatic heterocycles. The predicted molar refractivity (Wildman–Crippen MR) is 111 cm³/mol. The van der Waals surface area contributed by atoms with Crippen molar-refractivity contribution in [1.82, 2.24) is 10.6 Å². The van der Waals surface area contributed by atoms with Gasteiger partial charge in [0.2, 0.25) is 11.8 Å². The highest BCUT2D eigenvalue weighted by molar-refractivity contribution is 5.79. The number of rotatable bonds is 7. The molecule has 2 amide bonds. The summed E-state index contributed by atoms with van der Waals surface area (Å²) in [4.78, 5) is 24.5. The second kappa shape index (κ2) is 9.45. The summed E-state index contributed by atoms with van der Waals surface area (Å²) in [5.41, 5.74) is 1.87. The molecule has 154 valence electrons. The molecule has 6 nitrogen and oxygen atoms in total. The molecule has 3 rings (SSSR count). The van der Waals surface area contributed by atoms with Crippen LogP contribution >= 0.6 is 0 Å². The Kier molecular flexibility index (Phi) is 6.75. The van der Waals surface area contributed by atoms with E-state index < -0.39 is 0 Å². The van der Waals surface area contributed by atoms with Gasteiger partial charge in [0.1, 0.15) is 13.2 Å². The number of ether oxygens (including phenoxy) is 2. The van der Waals surface area contributed by atoms with Gasteiger partial charge >= 0.3 is 0 Å². The highest BCUT2D eigenvalue weighted by Gasteiger charge is 2.24. The fourth-order valence-electron chi connectivity index (χ4n) is 3.49. The van der Waals surface area contributed by atoms with E-state index in [1.54, 1.807) is 0 Å². The largest absolute Gasteiger partial charge is 0.486 e. The van der Waals surface area contributed by atoms with Crippen molar-refractivity contribution < 1.29 is 19.1 Å². The highest BCUT2D eigenvalue weighted by atomic mass is 16.6. The normalized spacial score (nSPS) is 14.8. The van der Waals surface area contributed by atoms with E-state index in [9.17, 15) is 9.59 Å². The minimum Gasteiger partial charge on any atom is -0.486 e. The molecule has 0 fully saturated rings. The summed E-state index contributed by atoms with van der Waals surface area (Å²) in [5.74, 6) is 1.32. The minimum atomic E-state index is -0.373. The maximum absolute atomic E-state index is 12.9. The summed E-state index contributed by atoms with van der Waals surface area (Å²) < 4.78 is 11.3. The van der Waals surface area contributed by atoms with Gasteiger partial charge in [-0.25, -0.2) is 0 Å². The van der Waals surface area contributed by atoms with E-state index in [1.165, 1.54) is 6.92 Å². The lowest BCUT2D eigenvalue weighted by Gasteiger charge is -2.26. The van der Waals surface area contributed by atoms with E-state index in [1.807, 2.05) is 48.5 Å². The molecule has 0 saturated heterocycles. The number of fused-ring (bicyclic) bond motifs is 1. The van der Waals surface area contributed by atoms with Crippen molar-refractivity contribution in [3.05, 3.63) is 59.7 Å². The Labute approximate surface area is 171 Å². The summed E-state index contributed by atoms with van der Waals surface area (Å²) >= 11 is 0. The fraction of sp³-hybridized carbons (Fsp3) is 0.391. The third-order valence-corrected chi connectivity index (χ3v) is 4.88. The number of carbonyl (C=O) groups is 2. The van der Waals surface area contributed by atoms with Gasteiger partial charge in [-0.05, 0) is 29.2 Å². The number of nitrogens with one attached hydrogen (secondary N) is 2. The molecule has 29 heavy (non-hydrogen) atoms. The number of hydrogen-bond acceptors (Lipinski definition) is 4. The molecule has 0 unspecified atom stereocenters. The molecule has 2 N–H and O–H groups in total. The molecule has 1 heterocycles. The first-order valence-corrected chi connectivity index (χ1v) is 9.95. The SMILES string of the molecule is CC(=O)N[C@H](CC(=O)N[C@@H](c1ccc2c(c1)OCCO2)C(C)C)c1ccccc1. The van der Waals surface area contributed by atoms with Crippen molar-refractivity contribution >= 4 is 11.8 Å². The van der Waals surface area contributed by atoms with Gasteiger partial charge in [0.05, 0.1) is 18.5 Å². The molecule has 2 aromatic rings. The van der Waals surface area contributed by atoms with Gasteiger partial charge in [0, 0.05) is 6.92 Å². The highest BCUT2D eigenvalue weighted by Crippen LogP contribution is 2.34. The zero-order valence-corrected chi connectivity index (χ0v) is 17.1. The Morgan fingerprint density at radius 3 is 2.28 bits per heavy atom. The van der Waals surface area contributed by atoms with Gasteiger partial charge in [0.15, 0.2) is 11.5 Å². The van der Waals surface area contributed by atoms with Crippen LogP contribution in [0.3, 0.4) is 0 Å². The van der Waals surface area contributed by atoms with Crippen LogP contribution in [-0.2, 0) is 9.59 Å². The Morgan fingerprint density at radius 1 is 0.931 bits per heavy atom. The number of amides is 2. The molecule has 1 aliphatic heterocycles. The van der Waals surface area contributed by atoms with Crippen molar-refractivity contribution in [3.8, 4) is 11.5 Å². The first-order valence-electron chi connectivity index (χ1n) is 9.95. The average Bonchev–Trinajstić information content (AvgIpc) is 2.71. The van der Waals surface area contributed by atoms with Crippen molar-refractivity contribution in [2.24, 2.45) is 5.92 Å². The van der Waals surface area contributed by atoms with Crippen molar-refractivity contribution in [3.63, 3.8) is 0 Å². The van der Waals surface area contributed by atoms with Crippen molar-refractivity contribution in [2.45, 2.75) is 39.3 Å². The van der Waals surface area contributed by atoms with E-state index in [-0.39, 0.29) is 36.2 Å². The molecule has 0 aliphatic carbocycles. The number of benzene rings is 2. The predicted octanol–water partition coefficient (Wildman–Crippen LogP) is 3.54.